The summed E-state index contributed by atoms with van der Waals surface area (Å²) in [6.07, 6.45) is 82.3. The molecule has 2 aliphatic rings. The Balaban J connectivity index is 1.02. The van der Waals surface area contributed by atoms with Crippen molar-refractivity contribution < 1.29 is 4.79 Å². The van der Waals surface area contributed by atoms with E-state index in [4.69, 9.17) is 0 Å². The van der Waals surface area contributed by atoms with Crippen LogP contribution in [0.5, 0.6) is 0 Å². The van der Waals surface area contributed by atoms with E-state index in [2.05, 4.69) is 112 Å². The third-order valence-electron chi connectivity index (χ3n) is 22.5. The summed E-state index contributed by atoms with van der Waals surface area (Å²) >= 11 is 12.2. The first-order valence-electron chi connectivity index (χ1n) is 43.1. The van der Waals surface area contributed by atoms with Crippen LogP contribution < -0.4 is 0 Å². The smallest absolute Gasteiger partial charge is 0.260 e. The zero-order valence-corrected chi connectivity index (χ0v) is 69.1. The third-order valence-corrected chi connectivity index (χ3v) is 29.8. The van der Waals surface area contributed by atoms with Crippen molar-refractivity contribution in [2.45, 2.75) is 419 Å². The molecule has 0 aromatic carbocycles. The van der Waals surface area contributed by atoms with Crippen LogP contribution in [0.4, 0.5) is 0 Å². The van der Waals surface area contributed by atoms with Gasteiger partial charge in [-0.05, 0) is 77.9 Å². The summed E-state index contributed by atoms with van der Waals surface area (Å²) in [6, 6.07) is 9.22. The number of hydrogen-bond acceptors (Lipinski definition) is 8. The maximum absolute atomic E-state index is 16.0. The van der Waals surface area contributed by atoms with Crippen LogP contribution in [0.15, 0.2) is 51.6 Å². The molecule has 0 N–H and O–H groups in total. The fourth-order valence-corrected chi connectivity index (χ4v) is 24.3. The molecule has 556 valence electrons. The van der Waals surface area contributed by atoms with E-state index >= 15 is 4.79 Å². The Hall–Kier alpha value is -2.27. The Bertz CT molecular complexity index is 3070. The van der Waals surface area contributed by atoms with Gasteiger partial charge in [0.05, 0.1) is 61.0 Å². The monoisotopic (exact) mass is 1460 g/mol. The largest absolute Gasteiger partial charge is 0.358 e. The van der Waals surface area contributed by atoms with Crippen molar-refractivity contribution in [1.29, 1.82) is 0 Å². The third kappa shape index (κ3) is 27.5. The van der Waals surface area contributed by atoms with E-state index in [1.807, 2.05) is 34.0 Å². The lowest BCUT2D eigenvalue weighted by Crippen LogP contribution is -2.30. The number of rotatable bonds is 65. The second-order valence-corrected chi connectivity index (χ2v) is 36.8. The van der Waals surface area contributed by atoms with Crippen molar-refractivity contribution in [3.05, 3.63) is 77.3 Å². The molecular formula is C90H144N2OS6. The molecule has 0 aliphatic carbocycles. The summed E-state index contributed by atoms with van der Waals surface area (Å²) in [6.45, 7) is 11.1. The number of amides is 1. The lowest BCUT2D eigenvalue weighted by Gasteiger charge is -2.32. The van der Waals surface area contributed by atoms with Crippen molar-refractivity contribution in [1.82, 2.24) is 9.80 Å². The molecule has 1 amide bonds. The number of carbonyl (C=O) groups excluding carboxylic acids is 1. The van der Waals surface area contributed by atoms with Crippen LogP contribution in [0.25, 0.3) is 39.6 Å². The minimum absolute atomic E-state index is 0.0224. The highest BCUT2D eigenvalue weighted by Crippen LogP contribution is 2.60. The lowest BCUT2D eigenvalue weighted by atomic mass is 9.95. The number of nitrogens with zero attached hydrogens (tertiary/aromatic N) is 2. The highest BCUT2D eigenvalue weighted by molar-refractivity contribution is 7.44. The standard InChI is InChI=1S/C90H144N2OS6/c1-5-9-13-17-21-25-29-33-37-39-43-47-51-55-59-65-74-73-96-86-83(74)97-89-87-85(99-88(86)89)75(66-60-56-52-48-44-40-38-34-30-26-22-18-14-10-6-2)84(98-87)82-78-79(81(77-68-64-72-95-77)91(82)69-61-57-53-49-45-41-35-31-27-23-19-15-11-7-3)90(93)92(80(78)76-67-63-71-94-76)70-62-58-54-50-46-42-36-32-28-24-20-16-12-8-4/h63-64,67-68,71-73,82H,5-62,65-66,69-70H2,1-4H3. The van der Waals surface area contributed by atoms with Crippen molar-refractivity contribution >= 4 is 114 Å². The average molecular weight is 1460 g/mol. The Morgan fingerprint density at radius 3 is 1.05 bits per heavy atom. The van der Waals surface area contributed by atoms with Crippen LogP contribution in [0.1, 0.15) is 432 Å². The number of thiophene rings is 6. The molecule has 6 aromatic heterocycles. The second kappa shape index (κ2) is 51.0. The summed E-state index contributed by atoms with van der Waals surface area (Å²) < 4.78 is 9.39. The van der Waals surface area contributed by atoms with E-state index in [1.165, 1.54) is 393 Å². The van der Waals surface area contributed by atoms with Gasteiger partial charge in [-0.1, -0.05) is 387 Å². The Morgan fingerprint density at radius 2 is 0.657 bits per heavy atom. The van der Waals surface area contributed by atoms with Gasteiger partial charge in [0.15, 0.2) is 0 Å². The molecule has 0 bridgehead atoms. The molecule has 99 heavy (non-hydrogen) atoms. The first-order chi connectivity index (χ1) is 49.1. The van der Waals surface area contributed by atoms with Gasteiger partial charge in [0.1, 0.15) is 0 Å². The van der Waals surface area contributed by atoms with E-state index in [-0.39, 0.29) is 11.9 Å². The van der Waals surface area contributed by atoms with Gasteiger partial charge in [0, 0.05) is 23.5 Å². The Kier molecular flexibility index (Phi) is 42.5. The highest BCUT2D eigenvalue weighted by Gasteiger charge is 2.51. The molecule has 8 heterocycles. The van der Waals surface area contributed by atoms with Gasteiger partial charge in [0.2, 0.25) is 0 Å². The quantitative estimate of drug-likeness (QED) is 0.0355. The van der Waals surface area contributed by atoms with Gasteiger partial charge in [-0.3, -0.25) is 4.79 Å². The molecule has 0 fully saturated rings. The van der Waals surface area contributed by atoms with Crippen LogP contribution in [0.3, 0.4) is 0 Å². The van der Waals surface area contributed by atoms with E-state index in [0.29, 0.717) is 0 Å². The molecule has 8 rings (SSSR count). The number of unbranched alkanes of at least 4 members (excludes halogenated alkanes) is 54. The van der Waals surface area contributed by atoms with Gasteiger partial charge >= 0.3 is 0 Å². The van der Waals surface area contributed by atoms with Crippen LogP contribution >= 0.6 is 68.0 Å². The van der Waals surface area contributed by atoms with Crippen molar-refractivity contribution in [3.63, 3.8) is 0 Å². The van der Waals surface area contributed by atoms with Crippen molar-refractivity contribution in [2.75, 3.05) is 13.1 Å². The van der Waals surface area contributed by atoms with Crippen LogP contribution in [-0.2, 0) is 17.6 Å². The summed E-state index contributed by atoms with van der Waals surface area (Å²) in [5.41, 5.74) is 8.08. The summed E-state index contributed by atoms with van der Waals surface area (Å²) in [7, 11) is 0. The minimum Gasteiger partial charge on any atom is -0.358 e. The summed E-state index contributed by atoms with van der Waals surface area (Å²) in [4.78, 5) is 25.3. The van der Waals surface area contributed by atoms with Gasteiger partial charge < -0.3 is 9.80 Å². The Morgan fingerprint density at radius 1 is 0.323 bits per heavy atom. The van der Waals surface area contributed by atoms with Crippen LogP contribution in [0.2, 0.25) is 0 Å². The molecule has 1 atom stereocenters. The normalized spacial score (nSPS) is 14.3. The molecule has 0 saturated carbocycles. The number of carbonyl (C=O) groups is 1. The lowest BCUT2D eigenvalue weighted by molar-refractivity contribution is -0.123. The molecule has 0 spiro atoms. The summed E-state index contributed by atoms with van der Waals surface area (Å²) in [5, 5.41) is 7.09. The Labute approximate surface area is 632 Å². The molecule has 1 unspecified atom stereocenters. The van der Waals surface area contributed by atoms with Crippen LogP contribution in [0, 0.1) is 0 Å². The maximum atomic E-state index is 16.0. The SMILES string of the molecule is CCCCCCCCCCCCCCCCCc1csc2c1sc1c3sc(C4C5=C(c6cccs6)N(CCCCCCCCCCCCCCCC)C(=O)C5=C(c5cccs5)N4CCCCCCCCCCCCCCCC)c(CCCCCCCCCCCCCCCCC)c3sc21. The molecule has 9 heteroatoms. The van der Waals surface area contributed by atoms with Crippen molar-refractivity contribution in [3.8, 4) is 0 Å². The predicted molar refractivity (Wildman–Crippen MR) is 452 cm³/mol. The zero-order chi connectivity index (χ0) is 69.0. The van der Waals surface area contributed by atoms with E-state index in [1.54, 1.807) is 44.2 Å². The van der Waals surface area contributed by atoms with E-state index < -0.39 is 0 Å². The number of hydrogen-bond donors (Lipinski definition) is 0. The van der Waals surface area contributed by atoms with Crippen molar-refractivity contribution in [2.24, 2.45) is 0 Å². The number of fused-ring (bicyclic) bond motifs is 6. The van der Waals surface area contributed by atoms with E-state index in [0.717, 1.165) is 37.9 Å². The molecule has 3 nitrogen and oxygen atoms in total. The number of aryl methyl sites for hydroxylation is 2. The molecule has 0 radical (unpaired) electrons. The van der Waals surface area contributed by atoms with E-state index in [9.17, 15) is 0 Å². The van der Waals surface area contributed by atoms with Gasteiger partial charge in [-0.2, -0.15) is 0 Å². The first kappa shape index (κ1) is 82.4. The molecule has 2 aliphatic heterocycles. The summed E-state index contributed by atoms with van der Waals surface area (Å²) in [5.74, 6) is 0.268. The second-order valence-electron chi connectivity index (χ2n) is 31.0. The van der Waals surface area contributed by atoms with Gasteiger partial charge in [0.25, 0.3) is 5.91 Å². The minimum atomic E-state index is 0.0224. The first-order valence-corrected chi connectivity index (χ1v) is 48.2. The van der Waals surface area contributed by atoms with Crippen LogP contribution in [-0.4, -0.2) is 28.8 Å². The fourth-order valence-electron chi connectivity index (χ4n) is 16.5. The topological polar surface area (TPSA) is 23.6 Å². The predicted octanol–water partition coefficient (Wildman–Crippen LogP) is 33.3. The maximum Gasteiger partial charge on any atom is 0.260 e. The van der Waals surface area contributed by atoms with Gasteiger partial charge in [-0.15, -0.1) is 68.0 Å². The fraction of sp³-hybridized carbons (Fsp3) is 0.744. The average Bonchev–Trinajstić information content (AvgIpc) is 1.54. The zero-order valence-electron chi connectivity index (χ0n) is 64.2. The highest BCUT2D eigenvalue weighted by atomic mass is 32.1. The molecular weight excluding hydrogens is 1320 g/mol. The molecule has 6 aromatic rings. The van der Waals surface area contributed by atoms with Gasteiger partial charge in [-0.25, -0.2) is 0 Å². The molecule has 0 saturated heterocycles.